The molecule has 2 aromatic carbocycles. The van der Waals surface area contributed by atoms with Crippen LogP contribution in [0, 0.1) is 0 Å². The zero-order valence-electron chi connectivity index (χ0n) is 13.0. The van der Waals surface area contributed by atoms with Gasteiger partial charge in [-0.1, -0.05) is 67.6 Å². The van der Waals surface area contributed by atoms with Crippen molar-refractivity contribution in [1.82, 2.24) is 0 Å². The lowest BCUT2D eigenvalue weighted by molar-refractivity contribution is -0.140. The Morgan fingerprint density at radius 2 is 1.27 bits per heavy atom. The maximum Gasteiger partial charge on any atom is 0.314 e. The molecule has 2 aromatic rings. The fourth-order valence-electron chi connectivity index (χ4n) is 2.82. The van der Waals surface area contributed by atoms with E-state index in [2.05, 4.69) is 37.3 Å². The summed E-state index contributed by atoms with van der Waals surface area (Å²) in [5.74, 6) is -0.686. The summed E-state index contributed by atoms with van der Waals surface area (Å²) >= 11 is 0. The van der Waals surface area contributed by atoms with E-state index >= 15 is 0 Å². The molecule has 2 fully saturated rings. The van der Waals surface area contributed by atoms with Crippen molar-refractivity contribution in [2.75, 3.05) is 0 Å². The second-order valence-corrected chi connectivity index (χ2v) is 6.68. The number of benzene rings is 2. The highest BCUT2D eigenvalue weighted by Gasteiger charge is 2.51. The van der Waals surface area contributed by atoms with Crippen LogP contribution < -0.4 is 0 Å². The second-order valence-electron chi connectivity index (χ2n) is 6.68. The van der Waals surface area contributed by atoms with Crippen LogP contribution in [-0.2, 0) is 15.6 Å². The van der Waals surface area contributed by atoms with Crippen LogP contribution in [0.5, 0.6) is 0 Å². The molecule has 1 N–H and O–H groups in total. The van der Waals surface area contributed by atoms with E-state index in [1.54, 1.807) is 0 Å². The first-order chi connectivity index (χ1) is 10.6. The Balaban J connectivity index is 0.000000133. The zero-order valence-corrected chi connectivity index (χ0v) is 13.0. The molecule has 114 valence electrons. The summed E-state index contributed by atoms with van der Waals surface area (Å²) < 4.78 is 0. The maximum absolute atomic E-state index is 10.9. The molecular weight excluding hydrogens is 272 g/mol. The topological polar surface area (TPSA) is 37.3 Å². The summed E-state index contributed by atoms with van der Waals surface area (Å²) in [6.07, 6.45) is 4.31. The molecule has 0 aromatic heterocycles. The number of carbonyl (C=O) groups is 1. The molecule has 0 radical (unpaired) electrons. The van der Waals surface area contributed by atoms with E-state index in [9.17, 15) is 4.79 Å². The van der Waals surface area contributed by atoms with Gasteiger partial charge in [-0.25, -0.2) is 0 Å². The van der Waals surface area contributed by atoms with Crippen LogP contribution in [0.3, 0.4) is 0 Å². The van der Waals surface area contributed by atoms with Gasteiger partial charge in [0.15, 0.2) is 0 Å². The van der Waals surface area contributed by atoms with Gasteiger partial charge in [0, 0.05) is 0 Å². The number of aliphatic carboxylic acids is 1. The molecule has 0 saturated heterocycles. The summed E-state index contributed by atoms with van der Waals surface area (Å²) in [7, 11) is 0. The molecule has 0 aliphatic heterocycles. The van der Waals surface area contributed by atoms with Crippen LogP contribution in [0.2, 0.25) is 0 Å². The molecule has 2 aliphatic rings. The highest BCUT2D eigenvalue weighted by Crippen LogP contribution is 2.48. The molecule has 2 aliphatic carbocycles. The number of carboxylic acid groups (broad SMARTS) is 1. The van der Waals surface area contributed by atoms with Crippen LogP contribution in [0.25, 0.3) is 0 Å². The van der Waals surface area contributed by atoms with E-state index in [1.807, 2.05) is 30.3 Å². The minimum Gasteiger partial charge on any atom is -0.481 e. The van der Waals surface area contributed by atoms with E-state index in [4.69, 9.17) is 5.11 Å². The Kier molecular flexibility index (Phi) is 3.78. The normalized spacial score (nSPS) is 19.5. The van der Waals surface area contributed by atoms with Crippen LogP contribution >= 0.6 is 0 Å². The largest absolute Gasteiger partial charge is 0.481 e. The van der Waals surface area contributed by atoms with Gasteiger partial charge in [-0.05, 0) is 42.2 Å². The van der Waals surface area contributed by atoms with Gasteiger partial charge in [0.1, 0.15) is 0 Å². The van der Waals surface area contributed by atoms with Gasteiger partial charge >= 0.3 is 5.97 Å². The van der Waals surface area contributed by atoms with Gasteiger partial charge < -0.3 is 5.11 Å². The molecule has 2 saturated carbocycles. The predicted molar refractivity (Wildman–Crippen MR) is 88.0 cm³/mol. The molecule has 0 atom stereocenters. The van der Waals surface area contributed by atoms with Crippen molar-refractivity contribution in [3.05, 3.63) is 71.8 Å². The molecule has 2 heteroatoms. The first-order valence-corrected chi connectivity index (χ1v) is 7.91. The highest BCUT2D eigenvalue weighted by atomic mass is 16.4. The molecule has 2 nitrogen and oxygen atoms in total. The third kappa shape index (κ3) is 2.92. The van der Waals surface area contributed by atoms with Crippen molar-refractivity contribution in [2.24, 2.45) is 0 Å². The van der Waals surface area contributed by atoms with Gasteiger partial charge in [-0.2, -0.15) is 0 Å². The third-order valence-corrected chi connectivity index (χ3v) is 4.96. The van der Waals surface area contributed by atoms with Crippen molar-refractivity contribution >= 4 is 5.97 Å². The molecule has 0 spiro atoms. The lowest BCUT2D eigenvalue weighted by Crippen LogP contribution is -2.19. The number of carboxylic acids is 1. The molecule has 4 rings (SSSR count). The minimum atomic E-state index is -0.686. The number of hydrogen-bond acceptors (Lipinski definition) is 1. The zero-order chi connectivity index (χ0) is 15.6. The summed E-state index contributed by atoms with van der Waals surface area (Å²) in [4.78, 5) is 10.9. The van der Waals surface area contributed by atoms with Crippen LogP contribution in [0.15, 0.2) is 60.7 Å². The maximum atomic E-state index is 10.9. The first kappa shape index (κ1) is 14.8. The fourth-order valence-corrected chi connectivity index (χ4v) is 2.82. The second kappa shape index (κ2) is 5.60. The summed E-state index contributed by atoms with van der Waals surface area (Å²) in [6, 6.07) is 20.2. The number of rotatable bonds is 3. The highest BCUT2D eigenvalue weighted by molar-refractivity contribution is 5.84. The van der Waals surface area contributed by atoms with Gasteiger partial charge in [-0.15, -0.1) is 0 Å². The van der Waals surface area contributed by atoms with E-state index in [0.29, 0.717) is 5.41 Å². The Morgan fingerprint density at radius 1 is 0.818 bits per heavy atom. The SMILES string of the molecule is CC1(c2ccccc2)CC1.O=C(O)C1(c2ccccc2)CC1. The van der Waals surface area contributed by atoms with Crippen molar-refractivity contribution in [2.45, 2.75) is 43.4 Å². The summed E-state index contributed by atoms with van der Waals surface area (Å²) in [6.45, 7) is 2.34. The monoisotopic (exact) mass is 294 g/mol. The van der Waals surface area contributed by atoms with Crippen LogP contribution in [-0.4, -0.2) is 11.1 Å². The summed E-state index contributed by atoms with van der Waals surface area (Å²) in [5, 5.41) is 8.96. The van der Waals surface area contributed by atoms with Crippen molar-refractivity contribution in [3.8, 4) is 0 Å². The molecular formula is C20H22O2. The van der Waals surface area contributed by atoms with Crippen LogP contribution in [0.1, 0.15) is 43.7 Å². The van der Waals surface area contributed by atoms with Crippen molar-refractivity contribution in [3.63, 3.8) is 0 Å². The first-order valence-electron chi connectivity index (χ1n) is 7.91. The smallest absolute Gasteiger partial charge is 0.314 e. The van der Waals surface area contributed by atoms with Gasteiger partial charge in [0.2, 0.25) is 0 Å². The van der Waals surface area contributed by atoms with Crippen LogP contribution in [0.4, 0.5) is 0 Å². The fraction of sp³-hybridized carbons (Fsp3) is 0.350. The lowest BCUT2D eigenvalue weighted by Gasteiger charge is -2.08. The van der Waals surface area contributed by atoms with Crippen molar-refractivity contribution in [1.29, 1.82) is 0 Å². The summed E-state index contributed by atoms with van der Waals surface area (Å²) in [5.41, 5.74) is 2.45. The average Bonchev–Trinajstić information content (AvgIpc) is 3.46. The van der Waals surface area contributed by atoms with E-state index in [1.165, 1.54) is 18.4 Å². The standard InChI is InChI=1S/C10H10O2.C10H12/c11-9(12)10(6-7-10)8-4-2-1-3-5-8;1-10(7-8-10)9-5-3-2-4-6-9/h1-5H,6-7H2,(H,11,12);2-6H,7-8H2,1H3. The molecule has 0 heterocycles. The van der Waals surface area contributed by atoms with Gasteiger partial charge in [0.05, 0.1) is 5.41 Å². The van der Waals surface area contributed by atoms with Gasteiger partial charge in [-0.3, -0.25) is 4.79 Å². The molecule has 0 bridgehead atoms. The van der Waals surface area contributed by atoms with E-state index in [-0.39, 0.29) is 0 Å². The number of hydrogen-bond donors (Lipinski definition) is 1. The third-order valence-electron chi connectivity index (χ3n) is 4.96. The lowest BCUT2D eigenvalue weighted by atomic mass is 9.97. The molecule has 22 heavy (non-hydrogen) atoms. The Morgan fingerprint density at radius 3 is 1.64 bits per heavy atom. The van der Waals surface area contributed by atoms with Crippen molar-refractivity contribution < 1.29 is 9.90 Å². The Labute approximate surface area is 131 Å². The Bertz CT molecular complexity index is 638. The average molecular weight is 294 g/mol. The van der Waals surface area contributed by atoms with Gasteiger partial charge in [0.25, 0.3) is 0 Å². The Hall–Kier alpha value is -2.09. The van der Waals surface area contributed by atoms with E-state index < -0.39 is 11.4 Å². The molecule has 0 unspecified atom stereocenters. The van der Waals surface area contributed by atoms with E-state index in [0.717, 1.165) is 18.4 Å². The molecule has 0 amide bonds. The minimum absolute atomic E-state index is 0.540. The predicted octanol–water partition coefficient (Wildman–Crippen LogP) is 4.54. The quantitative estimate of drug-likeness (QED) is 0.902.